The Morgan fingerprint density at radius 1 is 0.905 bits per heavy atom. The molecule has 112 valence electrons. The van der Waals surface area contributed by atoms with E-state index in [1.165, 1.54) is 0 Å². The second kappa shape index (κ2) is 6.08. The molecule has 2 aromatic carbocycles. The van der Waals surface area contributed by atoms with E-state index in [2.05, 4.69) is 20.8 Å². The number of aromatic hydroxyl groups is 1. The molecule has 0 aliphatic heterocycles. The van der Waals surface area contributed by atoms with Gasteiger partial charge in [-0.15, -0.1) is 0 Å². The van der Waals surface area contributed by atoms with E-state index in [-0.39, 0.29) is 11.2 Å². The number of hydrogen-bond acceptors (Lipinski definition) is 1. The summed E-state index contributed by atoms with van der Waals surface area (Å²) >= 11 is 18.1. The molecule has 0 radical (unpaired) electrons. The normalized spacial score (nSPS) is 11.7. The van der Waals surface area contributed by atoms with Gasteiger partial charge in [0.15, 0.2) is 0 Å². The molecule has 0 amide bonds. The third kappa shape index (κ3) is 3.85. The summed E-state index contributed by atoms with van der Waals surface area (Å²) in [6.45, 7) is 6.33. The number of rotatable bonds is 2. The van der Waals surface area contributed by atoms with Gasteiger partial charge in [-0.05, 0) is 34.7 Å². The first-order valence-corrected chi connectivity index (χ1v) is 7.77. The van der Waals surface area contributed by atoms with Crippen molar-refractivity contribution in [3.8, 4) is 5.75 Å². The Morgan fingerprint density at radius 3 is 2.14 bits per heavy atom. The van der Waals surface area contributed by atoms with Gasteiger partial charge in [-0.25, -0.2) is 0 Å². The molecule has 0 saturated heterocycles. The molecule has 0 bridgehead atoms. The van der Waals surface area contributed by atoms with Gasteiger partial charge in [0, 0.05) is 12.0 Å². The highest BCUT2D eigenvalue weighted by atomic mass is 35.5. The number of benzene rings is 2. The lowest BCUT2D eigenvalue weighted by Crippen LogP contribution is -2.11. The van der Waals surface area contributed by atoms with E-state index < -0.39 is 0 Å². The molecule has 1 N–H and O–H groups in total. The van der Waals surface area contributed by atoms with E-state index in [9.17, 15) is 5.11 Å². The van der Waals surface area contributed by atoms with Crippen molar-refractivity contribution in [3.63, 3.8) is 0 Å². The quantitative estimate of drug-likeness (QED) is 0.684. The highest BCUT2D eigenvalue weighted by Crippen LogP contribution is 2.35. The molecular weight excluding hydrogens is 327 g/mol. The van der Waals surface area contributed by atoms with Crippen LogP contribution >= 0.6 is 34.8 Å². The van der Waals surface area contributed by atoms with Crippen LogP contribution in [0.4, 0.5) is 0 Å². The highest BCUT2D eigenvalue weighted by molar-refractivity contribution is 6.42. The van der Waals surface area contributed by atoms with Gasteiger partial charge < -0.3 is 5.11 Å². The summed E-state index contributed by atoms with van der Waals surface area (Å²) in [6.07, 6.45) is 0.548. The van der Waals surface area contributed by atoms with E-state index in [1.54, 1.807) is 12.1 Å². The van der Waals surface area contributed by atoms with Crippen LogP contribution in [0.5, 0.6) is 5.75 Å². The summed E-state index contributed by atoms with van der Waals surface area (Å²) in [5, 5.41) is 11.6. The maximum absolute atomic E-state index is 10.2. The van der Waals surface area contributed by atoms with Crippen LogP contribution in [0, 0.1) is 0 Å². The zero-order chi connectivity index (χ0) is 15.8. The van der Waals surface area contributed by atoms with Gasteiger partial charge in [-0.2, -0.15) is 0 Å². The molecule has 0 aliphatic rings. The molecule has 0 saturated carbocycles. The molecule has 2 rings (SSSR count). The summed E-state index contributed by atoms with van der Waals surface area (Å²) in [5.74, 6) is 0.121. The SMILES string of the molecule is CC(C)(C)c1cc(Cl)c(O)c(Cc2ccc(Cl)c(Cl)c2)c1. The lowest BCUT2D eigenvalue weighted by molar-refractivity contribution is 0.468. The van der Waals surface area contributed by atoms with E-state index in [1.807, 2.05) is 18.2 Å². The van der Waals surface area contributed by atoms with Crippen molar-refractivity contribution in [3.05, 3.63) is 62.1 Å². The highest BCUT2D eigenvalue weighted by Gasteiger charge is 2.18. The summed E-state index contributed by atoms with van der Waals surface area (Å²) in [5.41, 5.74) is 2.80. The molecule has 0 spiro atoms. The van der Waals surface area contributed by atoms with Crippen LogP contribution in [-0.2, 0) is 11.8 Å². The fraction of sp³-hybridized carbons (Fsp3) is 0.294. The predicted octanol–water partition coefficient (Wildman–Crippen LogP) is 6.24. The summed E-state index contributed by atoms with van der Waals surface area (Å²) < 4.78 is 0. The molecule has 0 fully saturated rings. The minimum Gasteiger partial charge on any atom is -0.506 e. The summed E-state index contributed by atoms with van der Waals surface area (Å²) in [6, 6.07) is 9.26. The molecule has 0 aliphatic carbocycles. The van der Waals surface area contributed by atoms with Gasteiger partial charge in [-0.1, -0.05) is 67.7 Å². The standard InChI is InChI=1S/C17H17Cl3O/c1-17(2,3)12-8-11(16(21)15(20)9-12)6-10-4-5-13(18)14(19)7-10/h4-5,7-9,21H,6H2,1-3H3. The molecule has 4 heteroatoms. The van der Waals surface area contributed by atoms with Crippen LogP contribution in [-0.4, -0.2) is 5.11 Å². The van der Waals surface area contributed by atoms with E-state index >= 15 is 0 Å². The van der Waals surface area contributed by atoms with Gasteiger partial charge in [-0.3, -0.25) is 0 Å². The van der Waals surface area contributed by atoms with Gasteiger partial charge in [0.2, 0.25) is 0 Å². The van der Waals surface area contributed by atoms with Crippen molar-refractivity contribution in [2.45, 2.75) is 32.6 Å². The monoisotopic (exact) mass is 342 g/mol. The number of phenolic OH excluding ortho intramolecular Hbond substituents is 1. The minimum absolute atomic E-state index is 0.0380. The first-order chi connectivity index (χ1) is 9.68. The lowest BCUT2D eigenvalue weighted by Gasteiger charge is -2.21. The number of halogens is 3. The minimum atomic E-state index is -0.0380. The van der Waals surface area contributed by atoms with Crippen LogP contribution < -0.4 is 0 Å². The third-order valence-corrected chi connectivity index (χ3v) is 4.41. The Kier molecular flexibility index (Phi) is 4.77. The smallest absolute Gasteiger partial charge is 0.137 e. The van der Waals surface area contributed by atoms with Crippen LogP contribution in [0.3, 0.4) is 0 Å². The Morgan fingerprint density at radius 2 is 1.57 bits per heavy atom. The zero-order valence-electron chi connectivity index (χ0n) is 12.2. The largest absolute Gasteiger partial charge is 0.506 e. The second-order valence-electron chi connectivity index (χ2n) is 6.14. The first-order valence-electron chi connectivity index (χ1n) is 6.64. The van der Waals surface area contributed by atoms with Crippen LogP contribution in [0.1, 0.15) is 37.5 Å². The van der Waals surface area contributed by atoms with Crippen molar-refractivity contribution < 1.29 is 5.11 Å². The molecule has 0 aromatic heterocycles. The number of hydrogen-bond donors (Lipinski definition) is 1. The van der Waals surface area contributed by atoms with Gasteiger partial charge in [0.05, 0.1) is 15.1 Å². The Labute approximate surface area is 140 Å². The molecule has 0 unspecified atom stereocenters. The van der Waals surface area contributed by atoms with Crippen LogP contribution in [0.2, 0.25) is 15.1 Å². The van der Waals surface area contributed by atoms with Gasteiger partial charge in [0.25, 0.3) is 0 Å². The topological polar surface area (TPSA) is 20.2 Å². The van der Waals surface area contributed by atoms with E-state index in [0.717, 1.165) is 16.7 Å². The third-order valence-electron chi connectivity index (χ3n) is 3.39. The van der Waals surface area contributed by atoms with Crippen molar-refractivity contribution in [2.24, 2.45) is 0 Å². The molecule has 0 atom stereocenters. The van der Waals surface area contributed by atoms with E-state index in [4.69, 9.17) is 34.8 Å². The first kappa shape index (κ1) is 16.5. The van der Waals surface area contributed by atoms with Crippen molar-refractivity contribution in [1.29, 1.82) is 0 Å². The summed E-state index contributed by atoms with van der Waals surface area (Å²) in [7, 11) is 0. The van der Waals surface area contributed by atoms with Crippen molar-refractivity contribution in [1.82, 2.24) is 0 Å². The molecule has 1 nitrogen and oxygen atoms in total. The fourth-order valence-corrected chi connectivity index (χ4v) is 2.65. The second-order valence-corrected chi connectivity index (χ2v) is 7.36. The molecule has 2 aromatic rings. The lowest BCUT2D eigenvalue weighted by atomic mass is 9.85. The molecule has 21 heavy (non-hydrogen) atoms. The van der Waals surface area contributed by atoms with Crippen molar-refractivity contribution >= 4 is 34.8 Å². The molecular formula is C17H17Cl3O. The Balaban J connectivity index is 2.43. The maximum Gasteiger partial charge on any atom is 0.137 e. The Hall–Kier alpha value is -0.890. The molecule has 0 heterocycles. The fourth-order valence-electron chi connectivity index (χ4n) is 2.09. The van der Waals surface area contributed by atoms with E-state index in [0.29, 0.717) is 21.5 Å². The van der Waals surface area contributed by atoms with Crippen LogP contribution in [0.15, 0.2) is 30.3 Å². The maximum atomic E-state index is 10.2. The average Bonchev–Trinajstić information content (AvgIpc) is 2.38. The van der Waals surface area contributed by atoms with Gasteiger partial charge in [0.1, 0.15) is 5.75 Å². The van der Waals surface area contributed by atoms with Gasteiger partial charge >= 0.3 is 0 Å². The zero-order valence-corrected chi connectivity index (χ0v) is 14.4. The Bertz CT molecular complexity index is 672. The average molecular weight is 344 g/mol. The summed E-state index contributed by atoms with van der Waals surface area (Å²) in [4.78, 5) is 0. The predicted molar refractivity (Wildman–Crippen MR) is 91.1 cm³/mol. The van der Waals surface area contributed by atoms with Crippen LogP contribution in [0.25, 0.3) is 0 Å². The van der Waals surface area contributed by atoms with Crippen molar-refractivity contribution in [2.75, 3.05) is 0 Å². The number of phenols is 1.